The molecule has 7 heteroatoms. The number of tetrazole rings is 1. The minimum Gasteiger partial charge on any atom is -0.362 e. The molecule has 0 saturated heterocycles. The Morgan fingerprint density at radius 1 is 1.28 bits per heavy atom. The lowest BCUT2D eigenvalue weighted by atomic mass is 9.83. The van der Waals surface area contributed by atoms with Gasteiger partial charge >= 0.3 is 0 Å². The molecule has 18 heavy (non-hydrogen) atoms. The van der Waals surface area contributed by atoms with Gasteiger partial charge in [0.15, 0.2) is 5.65 Å². The number of hydrogen-bond donors (Lipinski definition) is 1. The first kappa shape index (κ1) is 11.6. The largest absolute Gasteiger partial charge is 0.362 e. The average molecular weight is 267 g/mol. The highest BCUT2D eigenvalue weighted by Crippen LogP contribution is 2.32. The van der Waals surface area contributed by atoms with Gasteiger partial charge in [-0.2, -0.15) is 0 Å². The molecule has 0 bridgehead atoms. The van der Waals surface area contributed by atoms with Gasteiger partial charge in [0.25, 0.3) is 0 Å². The van der Waals surface area contributed by atoms with Gasteiger partial charge in [0.05, 0.1) is 5.54 Å². The Labute approximate surface area is 110 Å². The summed E-state index contributed by atoms with van der Waals surface area (Å²) in [4.78, 5) is 0. The van der Waals surface area contributed by atoms with Crippen LogP contribution in [-0.4, -0.2) is 36.7 Å². The van der Waals surface area contributed by atoms with Crippen molar-refractivity contribution in [2.45, 2.75) is 37.6 Å². The Morgan fingerprint density at radius 2 is 2.11 bits per heavy atom. The average Bonchev–Trinajstić information content (AvgIpc) is 2.87. The summed E-state index contributed by atoms with van der Waals surface area (Å²) < 4.78 is 1.42. The van der Waals surface area contributed by atoms with Gasteiger partial charge in [-0.1, -0.05) is 19.3 Å². The molecule has 0 unspecified atom stereocenters. The van der Waals surface area contributed by atoms with Crippen LogP contribution in [0.25, 0.3) is 5.65 Å². The number of anilines is 1. The second-order valence-electron chi connectivity index (χ2n) is 4.84. The van der Waals surface area contributed by atoms with E-state index < -0.39 is 0 Å². The van der Waals surface area contributed by atoms with Crippen LogP contribution in [-0.2, 0) is 0 Å². The molecular weight excluding hydrogens is 252 g/mol. The number of hydrogen-bond acceptors (Lipinski definition) is 5. The van der Waals surface area contributed by atoms with Gasteiger partial charge < -0.3 is 5.32 Å². The number of halogens is 1. The van der Waals surface area contributed by atoms with Crippen LogP contribution in [0.5, 0.6) is 0 Å². The maximum Gasteiger partial charge on any atom is 0.200 e. The smallest absolute Gasteiger partial charge is 0.200 e. The van der Waals surface area contributed by atoms with Gasteiger partial charge in [0.1, 0.15) is 5.82 Å². The van der Waals surface area contributed by atoms with Crippen LogP contribution in [0.15, 0.2) is 12.1 Å². The molecule has 2 aromatic rings. The minimum atomic E-state index is -0.0332. The highest BCUT2D eigenvalue weighted by Gasteiger charge is 2.31. The van der Waals surface area contributed by atoms with Crippen LogP contribution in [0, 0.1) is 0 Å². The van der Waals surface area contributed by atoms with Crippen molar-refractivity contribution in [1.82, 2.24) is 25.3 Å². The highest BCUT2D eigenvalue weighted by atomic mass is 35.5. The second kappa shape index (κ2) is 4.68. The van der Waals surface area contributed by atoms with Gasteiger partial charge in [0.2, 0.25) is 0 Å². The zero-order valence-corrected chi connectivity index (χ0v) is 10.8. The topological polar surface area (TPSA) is 68.0 Å². The lowest BCUT2D eigenvalue weighted by molar-refractivity contribution is 0.352. The summed E-state index contributed by atoms with van der Waals surface area (Å²) in [6.07, 6.45) is 5.90. The van der Waals surface area contributed by atoms with E-state index in [1.807, 2.05) is 12.1 Å². The Morgan fingerprint density at radius 3 is 2.89 bits per heavy atom. The molecule has 6 nitrogen and oxygen atoms in total. The number of rotatable bonds is 3. The van der Waals surface area contributed by atoms with Crippen LogP contribution in [0.3, 0.4) is 0 Å². The Kier molecular flexibility index (Phi) is 3.03. The monoisotopic (exact) mass is 266 g/mol. The molecule has 0 radical (unpaired) electrons. The van der Waals surface area contributed by atoms with Crippen LogP contribution in [0.1, 0.15) is 32.1 Å². The number of fused-ring (bicyclic) bond motifs is 1. The first-order valence-electron chi connectivity index (χ1n) is 6.21. The lowest BCUT2D eigenvalue weighted by Gasteiger charge is -2.36. The molecule has 1 aliphatic carbocycles. The number of nitrogens with zero attached hydrogens (tertiary/aromatic N) is 5. The second-order valence-corrected chi connectivity index (χ2v) is 5.11. The third-order valence-corrected chi connectivity index (χ3v) is 4.04. The van der Waals surface area contributed by atoms with Crippen molar-refractivity contribution in [2.24, 2.45) is 0 Å². The molecule has 1 N–H and O–H groups in total. The molecule has 2 heterocycles. The van der Waals surface area contributed by atoms with Crippen molar-refractivity contribution in [2.75, 3.05) is 11.2 Å². The van der Waals surface area contributed by atoms with E-state index in [2.05, 4.69) is 25.9 Å². The third kappa shape index (κ3) is 2.12. The van der Waals surface area contributed by atoms with Gasteiger partial charge in [-0.15, -0.1) is 26.4 Å². The zero-order chi connectivity index (χ0) is 12.4. The van der Waals surface area contributed by atoms with Gasteiger partial charge in [-0.3, -0.25) is 0 Å². The van der Waals surface area contributed by atoms with E-state index in [1.165, 1.54) is 23.9 Å². The van der Waals surface area contributed by atoms with Crippen LogP contribution >= 0.6 is 11.6 Å². The predicted octanol–water partition coefficient (Wildman–Crippen LogP) is 1.87. The van der Waals surface area contributed by atoms with E-state index in [1.54, 1.807) is 0 Å². The minimum absolute atomic E-state index is 0.0332. The Balaban J connectivity index is 1.85. The maximum atomic E-state index is 6.15. The summed E-state index contributed by atoms with van der Waals surface area (Å²) in [6.45, 7) is 0. The van der Waals surface area contributed by atoms with Crippen molar-refractivity contribution in [3.05, 3.63) is 12.1 Å². The molecule has 0 aromatic carbocycles. The van der Waals surface area contributed by atoms with E-state index in [0.29, 0.717) is 11.5 Å². The lowest BCUT2D eigenvalue weighted by Crippen LogP contribution is -2.42. The zero-order valence-electron chi connectivity index (χ0n) is 10.0. The molecule has 0 spiro atoms. The molecule has 2 aromatic heterocycles. The highest BCUT2D eigenvalue weighted by molar-refractivity contribution is 6.18. The third-order valence-electron chi connectivity index (χ3n) is 3.53. The van der Waals surface area contributed by atoms with Crippen molar-refractivity contribution in [3.8, 4) is 0 Å². The Hall–Kier alpha value is -1.43. The molecule has 1 aliphatic rings. The SMILES string of the molecule is ClCC1(Nc2ccc3nnnn3n2)CCCCC1. The van der Waals surface area contributed by atoms with Gasteiger partial charge in [-0.05, 0) is 35.4 Å². The van der Waals surface area contributed by atoms with Crippen molar-refractivity contribution in [1.29, 1.82) is 0 Å². The van der Waals surface area contributed by atoms with E-state index in [9.17, 15) is 0 Å². The normalized spacial score (nSPS) is 18.9. The van der Waals surface area contributed by atoms with Crippen molar-refractivity contribution < 1.29 is 0 Å². The molecular formula is C11H15ClN6. The first-order chi connectivity index (χ1) is 8.81. The molecule has 1 fully saturated rings. The maximum absolute atomic E-state index is 6.15. The van der Waals surface area contributed by atoms with Crippen LogP contribution in [0.2, 0.25) is 0 Å². The molecule has 1 saturated carbocycles. The van der Waals surface area contributed by atoms with E-state index in [-0.39, 0.29) is 5.54 Å². The molecule has 0 atom stereocenters. The van der Waals surface area contributed by atoms with E-state index >= 15 is 0 Å². The fourth-order valence-corrected chi connectivity index (χ4v) is 2.84. The van der Waals surface area contributed by atoms with Gasteiger partial charge in [0, 0.05) is 5.88 Å². The first-order valence-corrected chi connectivity index (χ1v) is 6.74. The molecule has 3 rings (SSSR count). The quantitative estimate of drug-likeness (QED) is 0.859. The van der Waals surface area contributed by atoms with E-state index in [4.69, 9.17) is 11.6 Å². The van der Waals surface area contributed by atoms with E-state index in [0.717, 1.165) is 18.7 Å². The predicted molar refractivity (Wildman–Crippen MR) is 68.7 cm³/mol. The summed E-state index contributed by atoms with van der Waals surface area (Å²) >= 11 is 6.15. The summed E-state index contributed by atoms with van der Waals surface area (Å²) in [5, 5.41) is 19.0. The fraction of sp³-hybridized carbons (Fsp3) is 0.636. The summed E-state index contributed by atoms with van der Waals surface area (Å²) in [5.41, 5.74) is 0.609. The fourth-order valence-electron chi connectivity index (χ4n) is 2.51. The van der Waals surface area contributed by atoms with Crippen LogP contribution in [0.4, 0.5) is 5.82 Å². The summed E-state index contributed by atoms with van der Waals surface area (Å²) in [5.74, 6) is 1.37. The standard InChI is InChI=1S/C11H15ClN6/c12-8-11(6-2-1-3-7-11)13-9-4-5-10-14-16-17-18(10)15-9/h4-5H,1-3,6-8H2,(H,13,15). The van der Waals surface area contributed by atoms with Gasteiger partial charge in [-0.25, -0.2) is 0 Å². The number of nitrogens with one attached hydrogen (secondary N) is 1. The number of aromatic nitrogens is 5. The summed E-state index contributed by atoms with van der Waals surface area (Å²) in [7, 11) is 0. The Bertz CT molecular complexity index is 533. The molecule has 0 amide bonds. The van der Waals surface area contributed by atoms with Crippen LogP contribution < -0.4 is 5.32 Å². The molecule has 96 valence electrons. The van der Waals surface area contributed by atoms with Crippen molar-refractivity contribution >= 4 is 23.1 Å². The van der Waals surface area contributed by atoms with Crippen molar-refractivity contribution in [3.63, 3.8) is 0 Å². The molecule has 0 aliphatic heterocycles. The summed E-state index contributed by atoms with van der Waals surface area (Å²) in [6, 6.07) is 3.74. The number of alkyl halides is 1.